The maximum Gasteiger partial charge on any atom is 0.144 e. The molecule has 0 aliphatic carbocycles. The van der Waals surface area contributed by atoms with E-state index >= 15 is 0 Å². The van der Waals surface area contributed by atoms with Crippen LogP contribution in [0.5, 0.6) is 0 Å². The number of nitrogens with one attached hydrogen (secondary N) is 1. The predicted molar refractivity (Wildman–Crippen MR) is 60.7 cm³/mol. The van der Waals surface area contributed by atoms with E-state index < -0.39 is 0 Å². The third-order valence-electron chi connectivity index (χ3n) is 2.83. The Morgan fingerprint density at radius 3 is 3.06 bits per heavy atom. The Morgan fingerprint density at radius 1 is 1.31 bits per heavy atom. The molecule has 1 N–H and O–H groups in total. The van der Waals surface area contributed by atoms with Gasteiger partial charge in [0.05, 0.1) is 11.8 Å². The number of anilines is 1. The van der Waals surface area contributed by atoms with Crippen molar-refractivity contribution in [2.75, 3.05) is 11.9 Å². The third kappa shape index (κ3) is 1.38. The lowest BCUT2D eigenvalue weighted by atomic mass is 10.2. The van der Waals surface area contributed by atoms with Crippen molar-refractivity contribution in [2.24, 2.45) is 0 Å². The second kappa shape index (κ2) is 3.63. The minimum absolute atomic E-state index is 0.221. The Morgan fingerprint density at radius 2 is 2.19 bits per heavy atom. The second-order valence-corrected chi connectivity index (χ2v) is 3.88. The Hall–Kier alpha value is -1.84. The van der Waals surface area contributed by atoms with Crippen molar-refractivity contribution in [3.63, 3.8) is 0 Å². The van der Waals surface area contributed by atoms with Gasteiger partial charge >= 0.3 is 0 Å². The standard InChI is InChI=1S/C12H12FN3/c13-10-5-2-1-4-9(10)12-15-8-11-14-6-3-7-16(11)12/h1-2,4-5,8,14H,3,6-7H2. The lowest BCUT2D eigenvalue weighted by molar-refractivity contribution is 0.614. The molecule has 1 aromatic heterocycles. The number of hydrogen-bond donors (Lipinski definition) is 1. The summed E-state index contributed by atoms with van der Waals surface area (Å²) in [4.78, 5) is 4.29. The minimum Gasteiger partial charge on any atom is -0.370 e. The molecular weight excluding hydrogens is 205 g/mol. The molecule has 1 aliphatic heterocycles. The number of rotatable bonds is 1. The summed E-state index contributed by atoms with van der Waals surface area (Å²) >= 11 is 0. The lowest BCUT2D eigenvalue weighted by Gasteiger charge is -2.18. The molecule has 2 aromatic rings. The highest BCUT2D eigenvalue weighted by atomic mass is 19.1. The Labute approximate surface area is 92.9 Å². The summed E-state index contributed by atoms with van der Waals surface area (Å²) in [6.45, 7) is 1.86. The first kappa shape index (κ1) is 9.39. The predicted octanol–water partition coefficient (Wildman–Crippen LogP) is 2.50. The van der Waals surface area contributed by atoms with Crippen LogP contribution >= 0.6 is 0 Å². The fraction of sp³-hybridized carbons (Fsp3) is 0.250. The van der Waals surface area contributed by atoms with Crippen LogP contribution in [0.2, 0.25) is 0 Å². The average Bonchev–Trinajstić information content (AvgIpc) is 2.74. The highest BCUT2D eigenvalue weighted by Crippen LogP contribution is 2.26. The van der Waals surface area contributed by atoms with Crippen molar-refractivity contribution in [3.8, 4) is 11.4 Å². The molecule has 0 fully saturated rings. The zero-order valence-electron chi connectivity index (χ0n) is 8.78. The van der Waals surface area contributed by atoms with Crippen molar-refractivity contribution in [1.29, 1.82) is 0 Å². The molecule has 0 bridgehead atoms. The van der Waals surface area contributed by atoms with E-state index in [2.05, 4.69) is 10.3 Å². The molecule has 0 saturated heterocycles. The van der Waals surface area contributed by atoms with Gasteiger partial charge in [0.25, 0.3) is 0 Å². The second-order valence-electron chi connectivity index (χ2n) is 3.88. The van der Waals surface area contributed by atoms with E-state index in [1.54, 1.807) is 18.3 Å². The van der Waals surface area contributed by atoms with Gasteiger partial charge in [0.2, 0.25) is 0 Å². The SMILES string of the molecule is Fc1ccccc1-c1ncc2n1CCCN2. The van der Waals surface area contributed by atoms with Gasteiger partial charge in [-0.1, -0.05) is 12.1 Å². The molecule has 3 nitrogen and oxygen atoms in total. The van der Waals surface area contributed by atoms with Gasteiger partial charge in [-0.25, -0.2) is 9.37 Å². The summed E-state index contributed by atoms with van der Waals surface area (Å²) in [5, 5.41) is 3.25. The van der Waals surface area contributed by atoms with E-state index in [9.17, 15) is 4.39 Å². The normalized spacial score (nSPS) is 14.3. The molecule has 0 unspecified atom stereocenters. The first-order valence-corrected chi connectivity index (χ1v) is 5.40. The maximum absolute atomic E-state index is 13.6. The molecule has 0 saturated carbocycles. The zero-order chi connectivity index (χ0) is 11.0. The van der Waals surface area contributed by atoms with Crippen LogP contribution in [-0.4, -0.2) is 16.1 Å². The minimum atomic E-state index is -0.221. The number of aromatic nitrogens is 2. The van der Waals surface area contributed by atoms with Crippen LogP contribution in [0.1, 0.15) is 6.42 Å². The molecular formula is C12H12FN3. The highest BCUT2D eigenvalue weighted by Gasteiger charge is 2.16. The number of fused-ring (bicyclic) bond motifs is 1. The van der Waals surface area contributed by atoms with E-state index in [4.69, 9.17) is 0 Å². The van der Waals surface area contributed by atoms with Crippen LogP contribution in [-0.2, 0) is 6.54 Å². The summed E-state index contributed by atoms with van der Waals surface area (Å²) in [7, 11) is 0. The summed E-state index contributed by atoms with van der Waals surface area (Å²) in [5.74, 6) is 1.46. The number of halogens is 1. The van der Waals surface area contributed by atoms with Crippen LogP contribution in [0.15, 0.2) is 30.5 Å². The molecule has 3 rings (SSSR count). The molecule has 82 valence electrons. The van der Waals surface area contributed by atoms with Gasteiger partial charge in [0, 0.05) is 13.1 Å². The maximum atomic E-state index is 13.6. The summed E-state index contributed by atoms with van der Waals surface area (Å²) < 4.78 is 15.7. The van der Waals surface area contributed by atoms with Gasteiger partial charge in [-0.15, -0.1) is 0 Å². The molecule has 1 aliphatic rings. The molecule has 1 aromatic carbocycles. The summed E-state index contributed by atoms with van der Waals surface area (Å²) in [6.07, 6.45) is 2.81. The first-order chi connectivity index (χ1) is 7.86. The fourth-order valence-electron chi connectivity index (χ4n) is 2.05. The van der Waals surface area contributed by atoms with Crippen LogP contribution in [0.3, 0.4) is 0 Å². The summed E-state index contributed by atoms with van der Waals surface area (Å²) in [5.41, 5.74) is 0.567. The van der Waals surface area contributed by atoms with Gasteiger partial charge in [-0.3, -0.25) is 0 Å². The van der Waals surface area contributed by atoms with Crippen molar-refractivity contribution >= 4 is 5.82 Å². The van der Waals surface area contributed by atoms with Gasteiger partial charge in [-0.2, -0.15) is 0 Å². The quantitative estimate of drug-likeness (QED) is 0.795. The average molecular weight is 217 g/mol. The largest absolute Gasteiger partial charge is 0.370 e. The van der Waals surface area contributed by atoms with Gasteiger partial charge in [-0.05, 0) is 18.6 Å². The molecule has 0 spiro atoms. The topological polar surface area (TPSA) is 29.9 Å². The highest BCUT2D eigenvalue weighted by molar-refractivity contribution is 5.60. The third-order valence-corrected chi connectivity index (χ3v) is 2.83. The molecule has 16 heavy (non-hydrogen) atoms. The number of hydrogen-bond acceptors (Lipinski definition) is 2. The number of imidazole rings is 1. The van der Waals surface area contributed by atoms with E-state index in [-0.39, 0.29) is 5.82 Å². The fourth-order valence-corrected chi connectivity index (χ4v) is 2.05. The number of benzene rings is 1. The van der Waals surface area contributed by atoms with E-state index in [0.29, 0.717) is 11.4 Å². The smallest absolute Gasteiger partial charge is 0.144 e. The Balaban J connectivity index is 2.13. The Kier molecular flexibility index (Phi) is 2.13. The van der Waals surface area contributed by atoms with E-state index in [1.807, 2.05) is 10.6 Å². The van der Waals surface area contributed by atoms with Crippen LogP contribution in [0.4, 0.5) is 10.2 Å². The summed E-state index contributed by atoms with van der Waals surface area (Å²) in [6, 6.07) is 6.75. The molecule has 0 atom stereocenters. The molecule has 2 heterocycles. The monoisotopic (exact) mass is 217 g/mol. The van der Waals surface area contributed by atoms with Gasteiger partial charge in [0.1, 0.15) is 17.5 Å². The number of nitrogens with zero attached hydrogens (tertiary/aromatic N) is 2. The van der Waals surface area contributed by atoms with Crippen LogP contribution in [0.25, 0.3) is 11.4 Å². The van der Waals surface area contributed by atoms with E-state index in [1.165, 1.54) is 6.07 Å². The van der Waals surface area contributed by atoms with Crippen LogP contribution < -0.4 is 5.32 Å². The van der Waals surface area contributed by atoms with Crippen molar-refractivity contribution in [2.45, 2.75) is 13.0 Å². The van der Waals surface area contributed by atoms with Gasteiger partial charge < -0.3 is 9.88 Å². The Bertz CT molecular complexity index is 519. The van der Waals surface area contributed by atoms with Crippen molar-refractivity contribution < 1.29 is 4.39 Å². The zero-order valence-corrected chi connectivity index (χ0v) is 8.78. The molecule has 4 heteroatoms. The first-order valence-electron chi connectivity index (χ1n) is 5.40. The van der Waals surface area contributed by atoms with Gasteiger partial charge in [0.15, 0.2) is 0 Å². The van der Waals surface area contributed by atoms with Crippen molar-refractivity contribution in [1.82, 2.24) is 9.55 Å². The van der Waals surface area contributed by atoms with Crippen LogP contribution in [0, 0.1) is 5.82 Å². The molecule has 0 radical (unpaired) electrons. The van der Waals surface area contributed by atoms with Crippen molar-refractivity contribution in [3.05, 3.63) is 36.3 Å². The lowest BCUT2D eigenvalue weighted by Crippen LogP contribution is -2.17. The van der Waals surface area contributed by atoms with E-state index in [0.717, 1.165) is 25.3 Å². The molecule has 0 amide bonds.